The van der Waals surface area contributed by atoms with Crippen molar-refractivity contribution in [2.45, 2.75) is 27.2 Å². The molecule has 0 bridgehead atoms. The fourth-order valence-corrected chi connectivity index (χ4v) is 2.79. The fourth-order valence-electron chi connectivity index (χ4n) is 1.98. The van der Waals surface area contributed by atoms with Gasteiger partial charge in [-0.3, -0.25) is 4.79 Å². The zero-order chi connectivity index (χ0) is 18.1. The summed E-state index contributed by atoms with van der Waals surface area (Å²) in [5.74, 6) is -3.72. The summed E-state index contributed by atoms with van der Waals surface area (Å²) < 4.78 is 40.8. The van der Waals surface area contributed by atoms with E-state index in [9.17, 15) is 18.0 Å². The number of thiazole rings is 1. The van der Waals surface area contributed by atoms with Crippen molar-refractivity contribution in [1.82, 2.24) is 4.98 Å². The fraction of sp³-hybridized carbons (Fsp3) is 0.312. The van der Waals surface area contributed by atoms with Crippen molar-refractivity contribution >= 4 is 22.4 Å². The van der Waals surface area contributed by atoms with E-state index in [-0.39, 0.29) is 10.8 Å². The molecule has 4 nitrogen and oxygen atoms in total. The number of halogens is 3. The van der Waals surface area contributed by atoms with Gasteiger partial charge in [0.1, 0.15) is 22.9 Å². The Morgan fingerprint density at radius 2 is 1.96 bits per heavy atom. The first-order chi connectivity index (χ1) is 11.2. The Morgan fingerprint density at radius 3 is 2.46 bits per heavy atom. The summed E-state index contributed by atoms with van der Waals surface area (Å²) in [5, 5.41) is 11.7. The van der Waals surface area contributed by atoms with Crippen molar-refractivity contribution in [3.8, 4) is 17.3 Å². The largest absolute Gasteiger partial charge is 0.301 e. The summed E-state index contributed by atoms with van der Waals surface area (Å²) >= 11 is 1.02. The number of rotatable bonds is 4. The normalized spacial score (nSPS) is 13.2. The van der Waals surface area contributed by atoms with Crippen LogP contribution >= 0.6 is 11.3 Å². The lowest BCUT2D eigenvalue weighted by atomic mass is 9.88. The zero-order valence-corrected chi connectivity index (χ0v) is 14.0. The van der Waals surface area contributed by atoms with Crippen molar-refractivity contribution in [1.29, 1.82) is 5.26 Å². The van der Waals surface area contributed by atoms with Crippen molar-refractivity contribution in [2.24, 2.45) is 5.41 Å². The predicted octanol–water partition coefficient (Wildman–Crippen LogP) is 4.41. The molecule has 0 aliphatic carbocycles. The summed E-state index contributed by atoms with van der Waals surface area (Å²) in [6.07, 6.45) is 0.299. The molecular formula is C16H14F3N3OS. The molecule has 24 heavy (non-hydrogen) atoms. The lowest BCUT2D eigenvalue weighted by Crippen LogP contribution is -2.31. The average molecular weight is 353 g/mol. The quantitative estimate of drug-likeness (QED) is 0.885. The molecule has 1 aromatic carbocycles. The number of aromatic nitrogens is 1. The average Bonchev–Trinajstić information content (AvgIpc) is 2.85. The molecular weight excluding hydrogens is 339 g/mol. The van der Waals surface area contributed by atoms with Gasteiger partial charge in [0.05, 0.1) is 17.3 Å². The molecule has 0 fully saturated rings. The van der Waals surface area contributed by atoms with Crippen LogP contribution < -0.4 is 5.32 Å². The third kappa shape index (κ3) is 3.26. The molecule has 1 unspecified atom stereocenters. The number of hydrogen-bond acceptors (Lipinski definition) is 4. The third-order valence-electron chi connectivity index (χ3n) is 3.72. The number of anilines is 1. The van der Waals surface area contributed by atoms with Crippen LogP contribution in [0.4, 0.5) is 18.3 Å². The molecule has 1 N–H and O–H groups in total. The Balaban J connectivity index is 2.39. The van der Waals surface area contributed by atoms with Crippen LogP contribution in [0.1, 0.15) is 25.1 Å². The molecule has 2 aromatic rings. The van der Waals surface area contributed by atoms with E-state index >= 15 is 0 Å². The second kappa shape index (κ2) is 6.61. The molecule has 1 amide bonds. The summed E-state index contributed by atoms with van der Waals surface area (Å²) in [6, 6.07) is 3.07. The second-order valence-electron chi connectivity index (χ2n) is 5.42. The van der Waals surface area contributed by atoms with Crippen molar-refractivity contribution < 1.29 is 18.0 Å². The molecule has 0 saturated heterocycles. The molecule has 1 heterocycles. The smallest absolute Gasteiger partial charge is 0.246 e. The highest BCUT2D eigenvalue weighted by Gasteiger charge is 2.32. The molecule has 1 aromatic heterocycles. The third-order valence-corrected chi connectivity index (χ3v) is 4.60. The first-order valence-corrected chi connectivity index (χ1v) is 7.88. The highest BCUT2D eigenvalue weighted by atomic mass is 32.1. The summed E-state index contributed by atoms with van der Waals surface area (Å²) in [6.45, 7) is 4.77. The summed E-state index contributed by atoms with van der Waals surface area (Å²) in [5.41, 5.74) is -1.70. The number of nitriles is 1. The van der Waals surface area contributed by atoms with Gasteiger partial charge in [0.15, 0.2) is 5.13 Å². The molecule has 1 atom stereocenters. The number of carbonyl (C=O) groups excluding carboxylic acids is 1. The van der Waals surface area contributed by atoms with E-state index in [1.807, 2.05) is 6.07 Å². The molecule has 126 valence electrons. The number of aryl methyl sites for hydroxylation is 1. The predicted molar refractivity (Wildman–Crippen MR) is 84.8 cm³/mol. The van der Waals surface area contributed by atoms with Gasteiger partial charge in [-0.05, 0) is 20.3 Å². The number of hydrogen-bond donors (Lipinski definition) is 1. The highest BCUT2D eigenvalue weighted by Crippen LogP contribution is 2.34. The zero-order valence-electron chi connectivity index (χ0n) is 13.2. The first kappa shape index (κ1) is 17.9. The SMILES string of the molecule is CCC(C)(C#N)C(=O)Nc1nc(-c2c(F)cc(F)cc2F)c(C)s1. The van der Waals surface area contributed by atoms with Crippen LogP contribution in [0.2, 0.25) is 0 Å². The maximum atomic E-state index is 13.9. The lowest BCUT2D eigenvalue weighted by molar-refractivity contribution is -0.122. The Labute approximate surface area is 141 Å². The van der Waals surface area contributed by atoms with Crippen LogP contribution in [0, 0.1) is 41.1 Å². The van der Waals surface area contributed by atoms with Gasteiger partial charge in [0, 0.05) is 17.0 Å². The van der Waals surface area contributed by atoms with Crippen LogP contribution in [0.25, 0.3) is 11.3 Å². The Hall–Kier alpha value is -2.40. The molecule has 0 spiro atoms. The van der Waals surface area contributed by atoms with Gasteiger partial charge in [-0.15, -0.1) is 11.3 Å². The number of nitrogens with one attached hydrogen (secondary N) is 1. The van der Waals surface area contributed by atoms with Crippen molar-refractivity contribution in [2.75, 3.05) is 5.32 Å². The van der Waals surface area contributed by atoms with Crippen molar-refractivity contribution in [3.63, 3.8) is 0 Å². The standard InChI is InChI=1S/C16H14F3N3OS/c1-4-16(3,7-20)14(23)22-15-21-13(8(2)24-15)12-10(18)5-9(17)6-11(12)19/h5-6H,4H2,1-3H3,(H,21,22,23). The van der Waals surface area contributed by atoms with Crippen LogP contribution in [0.15, 0.2) is 12.1 Å². The van der Waals surface area contributed by atoms with Gasteiger partial charge >= 0.3 is 0 Å². The molecule has 0 saturated carbocycles. The molecule has 8 heteroatoms. The molecule has 2 rings (SSSR count). The number of carbonyl (C=O) groups is 1. The van der Waals surface area contributed by atoms with E-state index in [2.05, 4.69) is 10.3 Å². The number of nitrogens with zero attached hydrogens (tertiary/aromatic N) is 2. The van der Waals surface area contributed by atoms with E-state index in [4.69, 9.17) is 5.26 Å². The number of benzene rings is 1. The number of amides is 1. The molecule has 0 radical (unpaired) electrons. The minimum atomic E-state index is -1.23. The Morgan fingerprint density at radius 1 is 1.38 bits per heavy atom. The van der Waals surface area contributed by atoms with E-state index < -0.39 is 34.3 Å². The van der Waals surface area contributed by atoms with Crippen LogP contribution in [0.5, 0.6) is 0 Å². The van der Waals surface area contributed by atoms with Gasteiger partial charge in [-0.25, -0.2) is 18.2 Å². The van der Waals surface area contributed by atoms with Gasteiger partial charge in [-0.1, -0.05) is 6.92 Å². The van der Waals surface area contributed by atoms with Crippen molar-refractivity contribution in [3.05, 3.63) is 34.5 Å². The Kier molecular flexibility index (Phi) is 4.94. The van der Waals surface area contributed by atoms with E-state index in [1.54, 1.807) is 13.8 Å². The van der Waals surface area contributed by atoms with E-state index in [0.29, 0.717) is 23.4 Å². The lowest BCUT2D eigenvalue weighted by Gasteiger charge is -2.17. The molecule has 0 aliphatic heterocycles. The van der Waals surface area contributed by atoms with E-state index in [0.717, 1.165) is 11.3 Å². The highest BCUT2D eigenvalue weighted by molar-refractivity contribution is 7.16. The summed E-state index contributed by atoms with van der Waals surface area (Å²) in [7, 11) is 0. The minimum Gasteiger partial charge on any atom is -0.301 e. The van der Waals surface area contributed by atoms with Gasteiger partial charge in [-0.2, -0.15) is 5.26 Å². The van der Waals surface area contributed by atoms with Crippen LogP contribution in [-0.4, -0.2) is 10.9 Å². The van der Waals surface area contributed by atoms with Gasteiger partial charge < -0.3 is 5.32 Å². The summed E-state index contributed by atoms with van der Waals surface area (Å²) in [4.78, 5) is 16.6. The second-order valence-corrected chi connectivity index (χ2v) is 6.62. The minimum absolute atomic E-state index is 0.0135. The topological polar surface area (TPSA) is 65.8 Å². The maximum absolute atomic E-state index is 13.9. The monoisotopic (exact) mass is 353 g/mol. The van der Waals surface area contributed by atoms with Gasteiger partial charge in [0.2, 0.25) is 5.91 Å². The maximum Gasteiger partial charge on any atom is 0.246 e. The Bertz CT molecular complexity index is 821. The van der Waals surface area contributed by atoms with Crippen LogP contribution in [-0.2, 0) is 4.79 Å². The van der Waals surface area contributed by atoms with E-state index in [1.165, 1.54) is 6.92 Å². The van der Waals surface area contributed by atoms with Gasteiger partial charge in [0.25, 0.3) is 0 Å². The first-order valence-electron chi connectivity index (χ1n) is 7.07. The molecule has 0 aliphatic rings. The van der Waals surface area contributed by atoms with Crippen LogP contribution in [0.3, 0.4) is 0 Å².